The van der Waals surface area contributed by atoms with Crippen molar-refractivity contribution >= 4 is 17.7 Å². The first-order valence-corrected chi connectivity index (χ1v) is 8.63. The summed E-state index contributed by atoms with van der Waals surface area (Å²) < 4.78 is 15.6. The van der Waals surface area contributed by atoms with Crippen molar-refractivity contribution in [3.63, 3.8) is 0 Å². The smallest absolute Gasteiger partial charge is 0.317 e. The van der Waals surface area contributed by atoms with E-state index in [1.807, 2.05) is 0 Å². The first-order chi connectivity index (χ1) is 12.4. The van der Waals surface area contributed by atoms with Gasteiger partial charge in [0.2, 0.25) is 0 Å². The van der Waals surface area contributed by atoms with Gasteiger partial charge in [-0.1, -0.05) is 17.7 Å². The molecule has 1 aromatic rings. The third-order valence-corrected chi connectivity index (χ3v) is 4.45. The highest BCUT2D eigenvalue weighted by molar-refractivity contribution is 6.08. The molecule has 26 heavy (non-hydrogen) atoms. The van der Waals surface area contributed by atoms with Gasteiger partial charge in [-0.2, -0.15) is 0 Å². The average molecular weight is 360 g/mol. The van der Waals surface area contributed by atoms with Crippen LogP contribution in [0.5, 0.6) is 5.75 Å². The number of rotatable bonds is 6. The van der Waals surface area contributed by atoms with Crippen LogP contribution < -0.4 is 4.74 Å². The Balaban J connectivity index is 2.60. The number of benzene rings is 1. The molecule has 1 aromatic carbocycles. The quantitative estimate of drug-likeness (QED) is 0.573. The van der Waals surface area contributed by atoms with Crippen LogP contribution in [-0.2, 0) is 23.9 Å². The zero-order chi connectivity index (χ0) is 19.3. The Bertz CT molecular complexity index is 721. The van der Waals surface area contributed by atoms with Crippen molar-refractivity contribution in [2.75, 3.05) is 20.3 Å². The summed E-state index contributed by atoms with van der Waals surface area (Å²) in [4.78, 5) is 37.8. The van der Waals surface area contributed by atoms with Crippen LogP contribution in [0.15, 0.2) is 35.9 Å². The SMILES string of the molecule is CCOC(=O)C1C(=O)C=C(C)C(C(=O)OCC)C1c1cccc(OC)c1. The number of carbonyl (C=O) groups excluding carboxylic acids is 3. The highest BCUT2D eigenvalue weighted by Gasteiger charge is 2.47. The summed E-state index contributed by atoms with van der Waals surface area (Å²) in [6.07, 6.45) is 1.35. The van der Waals surface area contributed by atoms with Crippen LogP contribution in [0.1, 0.15) is 32.3 Å². The van der Waals surface area contributed by atoms with Crippen molar-refractivity contribution in [3.05, 3.63) is 41.5 Å². The van der Waals surface area contributed by atoms with Crippen molar-refractivity contribution in [3.8, 4) is 5.75 Å². The van der Waals surface area contributed by atoms with Gasteiger partial charge >= 0.3 is 11.9 Å². The van der Waals surface area contributed by atoms with Crippen molar-refractivity contribution in [1.29, 1.82) is 0 Å². The number of methoxy groups -OCH3 is 1. The summed E-state index contributed by atoms with van der Waals surface area (Å²) >= 11 is 0. The van der Waals surface area contributed by atoms with E-state index in [0.717, 1.165) is 0 Å². The van der Waals surface area contributed by atoms with Gasteiger partial charge < -0.3 is 14.2 Å². The Hall–Kier alpha value is -2.63. The Morgan fingerprint density at radius 2 is 1.65 bits per heavy atom. The largest absolute Gasteiger partial charge is 0.497 e. The Labute approximate surface area is 153 Å². The number of esters is 2. The molecule has 6 nitrogen and oxygen atoms in total. The van der Waals surface area contributed by atoms with Crippen LogP contribution in [0.4, 0.5) is 0 Å². The van der Waals surface area contributed by atoms with Crippen LogP contribution in [0.25, 0.3) is 0 Å². The van der Waals surface area contributed by atoms with Gasteiger partial charge in [-0.15, -0.1) is 0 Å². The van der Waals surface area contributed by atoms with E-state index in [2.05, 4.69) is 0 Å². The third-order valence-electron chi connectivity index (χ3n) is 4.45. The monoisotopic (exact) mass is 360 g/mol. The molecular formula is C20H24O6. The molecule has 2 rings (SSSR count). The number of hydrogen-bond acceptors (Lipinski definition) is 6. The average Bonchev–Trinajstić information content (AvgIpc) is 2.61. The molecule has 0 aromatic heterocycles. The molecule has 140 valence electrons. The molecule has 0 radical (unpaired) electrons. The molecule has 1 aliphatic rings. The minimum Gasteiger partial charge on any atom is -0.497 e. The molecule has 0 N–H and O–H groups in total. The van der Waals surface area contributed by atoms with E-state index in [9.17, 15) is 14.4 Å². The Morgan fingerprint density at radius 1 is 1.04 bits per heavy atom. The fourth-order valence-corrected chi connectivity index (χ4v) is 3.35. The topological polar surface area (TPSA) is 78.9 Å². The molecule has 0 fully saturated rings. The fourth-order valence-electron chi connectivity index (χ4n) is 3.35. The zero-order valence-corrected chi connectivity index (χ0v) is 15.5. The van der Waals surface area contributed by atoms with Crippen LogP contribution in [0.2, 0.25) is 0 Å². The summed E-state index contributed by atoms with van der Waals surface area (Å²) in [6, 6.07) is 7.03. The van der Waals surface area contributed by atoms with Gasteiger partial charge in [0.15, 0.2) is 5.78 Å². The first kappa shape index (κ1) is 19.7. The highest BCUT2D eigenvalue weighted by atomic mass is 16.5. The molecule has 0 saturated carbocycles. The Morgan fingerprint density at radius 3 is 2.23 bits per heavy atom. The molecule has 0 aliphatic heterocycles. The molecule has 0 spiro atoms. The van der Waals surface area contributed by atoms with E-state index in [4.69, 9.17) is 14.2 Å². The lowest BCUT2D eigenvalue weighted by Gasteiger charge is -2.34. The van der Waals surface area contributed by atoms with Crippen molar-refractivity contribution in [2.24, 2.45) is 11.8 Å². The molecule has 3 unspecified atom stereocenters. The lowest BCUT2D eigenvalue weighted by Crippen LogP contribution is -2.41. The van der Waals surface area contributed by atoms with Gasteiger partial charge in [-0.3, -0.25) is 14.4 Å². The van der Waals surface area contributed by atoms with Crippen LogP contribution in [0.3, 0.4) is 0 Å². The van der Waals surface area contributed by atoms with Gasteiger partial charge in [-0.25, -0.2) is 0 Å². The van der Waals surface area contributed by atoms with Crippen LogP contribution in [0, 0.1) is 11.8 Å². The number of ether oxygens (including phenoxy) is 3. The maximum absolute atomic E-state index is 12.6. The number of allylic oxidation sites excluding steroid dienone is 1. The standard InChI is InChI=1S/C20H24O6/c1-5-25-19(22)16-12(3)10-15(21)18(20(23)26-6-2)17(16)13-8-7-9-14(11-13)24-4/h7-11,16-18H,5-6H2,1-4H3. The van der Waals surface area contributed by atoms with E-state index in [-0.39, 0.29) is 19.0 Å². The summed E-state index contributed by atoms with van der Waals surface area (Å²) in [7, 11) is 1.53. The van der Waals surface area contributed by atoms with Gasteiger partial charge in [-0.05, 0) is 44.5 Å². The van der Waals surface area contributed by atoms with E-state index in [1.54, 1.807) is 45.0 Å². The van der Waals surface area contributed by atoms with Crippen molar-refractivity contribution < 1.29 is 28.6 Å². The number of carbonyl (C=O) groups is 3. The molecule has 6 heteroatoms. The van der Waals surface area contributed by atoms with Crippen LogP contribution in [-0.4, -0.2) is 38.0 Å². The minimum absolute atomic E-state index is 0.153. The highest BCUT2D eigenvalue weighted by Crippen LogP contribution is 2.42. The van der Waals surface area contributed by atoms with Crippen molar-refractivity contribution in [2.45, 2.75) is 26.7 Å². The molecule has 0 bridgehead atoms. The molecular weight excluding hydrogens is 336 g/mol. The van der Waals surface area contributed by atoms with Gasteiger partial charge in [0.1, 0.15) is 11.7 Å². The lowest BCUT2D eigenvalue weighted by molar-refractivity contribution is -0.155. The third kappa shape index (κ3) is 3.95. The van der Waals surface area contributed by atoms with E-state index < -0.39 is 29.7 Å². The van der Waals surface area contributed by atoms with Crippen LogP contribution >= 0.6 is 0 Å². The van der Waals surface area contributed by atoms with E-state index in [1.165, 1.54) is 13.2 Å². The zero-order valence-electron chi connectivity index (χ0n) is 15.5. The van der Waals surface area contributed by atoms with Crippen molar-refractivity contribution in [1.82, 2.24) is 0 Å². The Kier molecular flexibility index (Phi) is 6.55. The second kappa shape index (κ2) is 8.65. The molecule has 0 heterocycles. The summed E-state index contributed by atoms with van der Waals surface area (Å²) in [5.41, 5.74) is 1.23. The van der Waals surface area contributed by atoms with Gasteiger partial charge in [0.05, 0.1) is 26.2 Å². The summed E-state index contributed by atoms with van der Waals surface area (Å²) in [5.74, 6) is -3.43. The normalized spacial score (nSPS) is 22.4. The second-order valence-electron chi connectivity index (χ2n) is 6.05. The fraction of sp³-hybridized carbons (Fsp3) is 0.450. The maximum Gasteiger partial charge on any atom is 0.317 e. The second-order valence-corrected chi connectivity index (χ2v) is 6.05. The number of hydrogen-bond donors (Lipinski definition) is 0. The summed E-state index contributed by atoms with van der Waals surface area (Å²) in [6.45, 7) is 5.46. The predicted molar refractivity (Wildman–Crippen MR) is 94.7 cm³/mol. The lowest BCUT2D eigenvalue weighted by atomic mass is 9.68. The van der Waals surface area contributed by atoms with Gasteiger partial charge in [0.25, 0.3) is 0 Å². The van der Waals surface area contributed by atoms with Gasteiger partial charge in [0, 0.05) is 5.92 Å². The predicted octanol–water partition coefficient (Wildman–Crippen LogP) is 2.67. The molecule has 3 atom stereocenters. The maximum atomic E-state index is 12.6. The summed E-state index contributed by atoms with van der Waals surface area (Å²) in [5, 5.41) is 0. The number of ketones is 1. The minimum atomic E-state index is -1.10. The molecule has 1 aliphatic carbocycles. The molecule has 0 amide bonds. The molecule has 0 saturated heterocycles. The van der Waals surface area contributed by atoms with E-state index >= 15 is 0 Å². The first-order valence-electron chi connectivity index (χ1n) is 8.63. The van der Waals surface area contributed by atoms with E-state index in [0.29, 0.717) is 16.9 Å².